The molecule has 0 N–H and O–H groups in total. The molecule has 3 fully saturated rings. The minimum atomic E-state index is -2.83. The van der Waals surface area contributed by atoms with Crippen molar-refractivity contribution >= 4 is 8.80 Å². The zero-order valence-electron chi connectivity index (χ0n) is 17.2. The molecule has 0 spiro atoms. The van der Waals surface area contributed by atoms with E-state index >= 15 is 0 Å². The van der Waals surface area contributed by atoms with Gasteiger partial charge >= 0.3 is 8.80 Å². The summed E-state index contributed by atoms with van der Waals surface area (Å²) >= 11 is 0. The number of benzene rings is 1. The molecule has 0 amide bonds. The maximum Gasteiger partial charge on any atom is 0.530 e. The van der Waals surface area contributed by atoms with Crippen molar-refractivity contribution in [2.45, 2.75) is 102 Å². The van der Waals surface area contributed by atoms with Gasteiger partial charge in [0.15, 0.2) is 0 Å². The molecular weight excluding hydrogens is 364 g/mol. The van der Waals surface area contributed by atoms with E-state index in [-0.39, 0.29) is 0 Å². The van der Waals surface area contributed by atoms with Gasteiger partial charge in [0.2, 0.25) is 0 Å². The van der Waals surface area contributed by atoms with Crippen LogP contribution in [-0.2, 0) is 19.7 Å². The molecule has 0 saturated heterocycles. The first-order valence-corrected chi connectivity index (χ1v) is 13.4. The van der Waals surface area contributed by atoms with Gasteiger partial charge in [-0.05, 0) is 56.2 Å². The van der Waals surface area contributed by atoms with Crippen molar-refractivity contribution in [3.05, 3.63) is 47.7 Å². The summed E-state index contributed by atoms with van der Waals surface area (Å²) in [5.41, 5.74) is 3.55. The second-order valence-corrected chi connectivity index (χ2v) is 11.0. The molecule has 3 saturated carbocycles. The van der Waals surface area contributed by atoms with Gasteiger partial charge in [0.25, 0.3) is 0 Å². The van der Waals surface area contributed by atoms with E-state index < -0.39 is 8.80 Å². The zero-order chi connectivity index (χ0) is 19.1. The number of hydrogen-bond donors (Lipinski definition) is 0. The molecule has 0 bridgehead atoms. The molecule has 0 heterocycles. The van der Waals surface area contributed by atoms with Crippen molar-refractivity contribution in [1.29, 1.82) is 0 Å². The highest BCUT2D eigenvalue weighted by atomic mass is 28.4. The van der Waals surface area contributed by atoms with Crippen LogP contribution < -0.4 is 0 Å². The lowest BCUT2D eigenvalue weighted by molar-refractivity contribution is -0.00584. The molecule has 0 aromatic heterocycles. The number of hydrogen-bond acceptors (Lipinski definition) is 3. The Labute approximate surface area is 171 Å². The molecule has 0 radical (unpaired) electrons. The summed E-state index contributed by atoms with van der Waals surface area (Å²) in [6.45, 7) is 0. The minimum Gasteiger partial charge on any atom is -0.367 e. The molecule has 28 heavy (non-hydrogen) atoms. The highest BCUT2D eigenvalue weighted by molar-refractivity contribution is 6.66. The molecule has 1 aromatic rings. The molecule has 3 nitrogen and oxygen atoms in total. The third-order valence-corrected chi connectivity index (χ3v) is 9.05. The standard InChI is InChI=1S/C24H36O3Si/c1-2-11-21(12-3-1)13-10-20-28(25-22-14-4-5-15-22,26-23-16-6-7-17-23)27-24-18-8-9-19-24/h1-3,10-12,20,22-24H,4-9,13-19H2. The lowest BCUT2D eigenvalue weighted by Gasteiger charge is -2.34. The van der Waals surface area contributed by atoms with Crippen LogP contribution in [0.2, 0.25) is 0 Å². The van der Waals surface area contributed by atoms with E-state index in [0.717, 1.165) is 44.9 Å². The van der Waals surface area contributed by atoms with Crippen LogP contribution in [0.15, 0.2) is 42.1 Å². The minimum absolute atomic E-state index is 0.316. The van der Waals surface area contributed by atoms with Gasteiger partial charge in [0.05, 0.1) is 0 Å². The molecular formula is C24H36O3Si. The quantitative estimate of drug-likeness (QED) is 0.466. The average Bonchev–Trinajstić information content (AvgIpc) is 3.47. The maximum atomic E-state index is 6.77. The van der Waals surface area contributed by atoms with Gasteiger partial charge in [0.1, 0.15) is 0 Å². The van der Waals surface area contributed by atoms with Crippen LogP contribution >= 0.6 is 0 Å². The first kappa shape index (κ1) is 20.3. The van der Waals surface area contributed by atoms with E-state index in [9.17, 15) is 0 Å². The second-order valence-electron chi connectivity index (χ2n) is 8.77. The molecule has 4 heteroatoms. The number of allylic oxidation sites excluding steroid dienone is 1. The largest absolute Gasteiger partial charge is 0.530 e. The van der Waals surface area contributed by atoms with Crippen LogP contribution in [0.3, 0.4) is 0 Å². The lowest BCUT2D eigenvalue weighted by atomic mass is 10.2. The van der Waals surface area contributed by atoms with Crippen molar-refractivity contribution in [1.82, 2.24) is 0 Å². The lowest BCUT2D eigenvalue weighted by Crippen LogP contribution is -2.50. The van der Waals surface area contributed by atoms with Gasteiger partial charge in [-0.15, -0.1) is 0 Å². The molecule has 154 valence electrons. The van der Waals surface area contributed by atoms with Gasteiger partial charge in [-0.2, -0.15) is 0 Å². The SMILES string of the molecule is C(=C[Si](OC1CCCC1)(OC1CCCC1)OC1CCCC1)Cc1ccccc1. The third-order valence-electron chi connectivity index (χ3n) is 6.42. The molecule has 3 aliphatic carbocycles. The first-order valence-electron chi connectivity index (χ1n) is 11.6. The van der Waals surface area contributed by atoms with Crippen molar-refractivity contribution in [2.75, 3.05) is 0 Å². The van der Waals surface area contributed by atoms with Gasteiger partial charge in [-0.1, -0.05) is 74.9 Å². The van der Waals surface area contributed by atoms with E-state index in [1.54, 1.807) is 0 Å². The Balaban J connectivity index is 1.52. The Morgan fingerprint density at radius 3 is 1.54 bits per heavy atom. The predicted molar refractivity (Wildman–Crippen MR) is 115 cm³/mol. The van der Waals surface area contributed by atoms with Gasteiger partial charge in [-0.25, -0.2) is 0 Å². The molecule has 0 atom stereocenters. The summed E-state index contributed by atoms with van der Waals surface area (Å²) in [7, 11) is -2.83. The van der Waals surface area contributed by atoms with Crippen LogP contribution in [0, 0.1) is 0 Å². The van der Waals surface area contributed by atoms with E-state index in [1.807, 2.05) is 0 Å². The van der Waals surface area contributed by atoms with Crippen molar-refractivity contribution < 1.29 is 13.3 Å². The first-order chi connectivity index (χ1) is 13.8. The zero-order valence-corrected chi connectivity index (χ0v) is 18.2. The molecule has 1 aromatic carbocycles. The fourth-order valence-electron chi connectivity index (χ4n) is 4.87. The Bertz CT molecular complexity index is 554. The van der Waals surface area contributed by atoms with E-state index in [0.29, 0.717) is 18.3 Å². The fourth-order valence-corrected chi connectivity index (χ4v) is 7.78. The molecule has 0 aliphatic heterocycles. The number of rotatable bonds is 9. The average molecular weight is 401 g/mol. The van der Waals surface area contributed by atoms with Crippen molar-refractivity contribution in [3.63, 3.8) is 0 Å². The fraction of sp³-hybridized carbons (Fsp3) is 0.667. The van der Waals surface area contributed by atoms with E-state index in [2.05, 4.69) is 42.1 Å². The van der Waals surface area contributed by atoms with Gasteiger partial charge in [-0.3, -0.25) is 0 Å². The predicted octanol–water partition coefficient (Wildman–Crippen LogP) is 6.14. The van der Waals surface area contributed by atoms with E-state index in [4.69, 9.17) is 13.3 Å². The van der Waals surface area contributed by atoms with Crippen molar-refractivity contribution in [3.8, 4) is 0 Å². The normalized spacial score (nSPS) is 22.7. The highest BCUT2D eigenvalue weighted by Crippen LogP contribution is 2.33. The van der Waals surface area contributed by atoms with Crippen LogP contribution in [0.1, 0.15) is 82.6 Å². The third kappa shape index (κ3) is 5.79. The summed E-state index contributed by atoms with van der Waals surface area (Å²) < 4.78 is 20.3. The molecule has 3 aliphatic rings. The summed E-state index contributed by atoms with van der Waals surface area (Å²) in [5, 5.41) is 0. The van der Waals surface area contributed by atoms with Gasteiger partial charge < -0.3 is 13.3 Å². The summed E-state index contributed by atoms with van der Waals surface area (Å²) in [5.74, 6) is 0. The van der Waals surface area contributed by atoms with Crippen LogP contribution in [0.25, 0.3) is 0 Å². The van der Waals surface area contributed by atoms with Gasteiger partial charge in [0, 0.05) is 18.3 Å². The Kier molecular flexibility index (Phi) is 7.40. The van der Waals surface area contributed by atoms with E-state index in [1.165, 1.54) is 44.1 Å². The van der Waals surface area contributed by atoms with Crippen LogP contribution in [-0.4, -0.2) is 27.1 Å². The Morgan fingerprint density at radius 2 is 1.11 bits per heavy atom. The Morgan fingerprint density at radius 1 is 0.679 bits per heavy atom. The van der Waals surface area contributed by atoms with Crippen LogP contribution in [0.4, 0.5) is 0 Å². The monoisotopic (exact) mass is 400 g/mol. The topological polar surface area (TPSA) is 27.7 Å². The summed E-state index contributed by atoms with van der Waals surface area (Å²) in [6, 6.07) is 10.6. The molecule has 4 rings (SSSR count). The highest BCUT2D eigenvalue weighted by Gasteiger charge is 2.46. The maximum absolute atomic E-state index is 6.77. The molecule has 0 unspecified atom stereocenters. The summed E-state index contributed by atoms with van der Waals surface area (Å²) in [4.78, 5) is 0. The van der Waals surface area contributed by atoms with Crippen molar-refractivity contribution in [2.24, 2.45) is 0 Å². The summed E-state index contributed by atoms with van der Waals surface area (Å²) in [6.07, 6.45) is 18.7. The van der Waals surface area contributed by atoms with Crippen LogP contribution in [0.5, 0.6) is 0 Å². The second kappa shape index (κ2) is 10.2. The Hall–Kier alpha value is -0.943. The smallest absolute Gasteiger partial charge is 0.367 e.